The van der Waals surface area contributed by atoms with Crippen molar-refractivity contribution in [1.29, 1.82) is 0 Å². The van der Waals surface area contributed by atoms with Crippen molar-refractivity contribution >= 4 is 12.1 Å². The third-order valence-corrected chi connectivity index (χ3v) is 2.89. The molecule has 0 aromatic carbocycles. The van der Waals surface area contributed by atoms with Gasteiger partial charge in [-0.25, -0.2) is 4.79 Å². The maximum atomic E-state index is 11.5. The van der Waals surface area contributed by atoms with Gasteiger partial charge in [0.25, 0.3) is 0 Å². The first-order valence-electron chi connectivity index (χ1n) is 5.29. The van der Waals surface area contributed by atoms with Gasteiger partial charge in [-0.15, -0.1) is 6.42 Å². The minimum absolute atomic E-state index is 0.147. The van der Waals surface area contributed by atoms with Crippen LogP contribution in [0.4, 0.5) is 4.79 Å². The summed E-state index contributed by atoms with van der Waals surface area (Å²) >= 11 is 0. The number of nitrogens with zero attached hydrogens (tertiary/aromatic N) is 1. The van der Waals surface area contributed by atoms with Crippen molar-refractivity contribution in [2.24, 2.45) is 5.41 Å². The second-order valence-corrected chi connectivity index (χ2v) is 3.88. The van der Waals surface area contributed by atoms with Crippen LogP contribution < -0.4 is 0 Å². The SMILES string of the molecule is C#CC1(C(=O)O)CCN(C(=O)OCC=C)CC1. The molecule has 0 saturated carbocycles. The van der Waals surface area contributed by atoms with Crippen molar-refractivity contribution in [3.8, 4) is 12.3 Å². The second kappa shape index (κ2) is 5.39. The van der Waals surface area contributed by atoms with Crippen molar-refractivity contribution in [1.82, 2.24) is 4.90 Å². The van der Waals surface area contributed by atoms with Crippen LogP contribution in [0.15, 0.2) is 12.7 Å². The molecule has 0 radical (unpaired) electrons. The number of carboxylic acid groups (broad SMARTS) is 1. The van der Waals surface area contributed by atoms with Crippen molar-refractivity contribution in [2.45, 2.75) is 12.8 Å². The lowest BCUT2D eigenvalue weighted by Crippen LogP contribution is -2.46. The van der Waals surface area contributed by atoms with Gasteiger partial charge in [-0.1, -0.05) is 18.6 Å². The van der Waals surface area contributed by atoms with Crippen molar-refractivity contribution < 1.29 is 19.4 Å². The Morgan fingerprint density at radius 3 is 2.53 bits per heavy atom. The van der Waals surface area contributed by atoms with Gasteiger partial charge in [-0.05, 0) is 12.8 Å². The van der Waals surface area contributed by atoms with Gasteiger partial charge in [0.1, 0.15) is 12.0 Å². The number of amides is 1. The Morgan fingerprint density at radius 2 is 2.12 bits per heavy atom. The lowest BCUT2D eigenvalue weighted by molar-refractivity contribution is -0.147. The zero-order valence-corrected chi connectivity index (χ0v) is 9.52. The highest BCUT2D eigenvalue weighted by Gasteiger charge is 2.41. The first kappa shape index (κ1) is 13.1. The van der Waals surface area contributed by atoms with Crippen LogP contribution in [0.3, 0.4) is 0 Å². The molecule has 0 spiro atoms. The summed E-state index contributed by atoms with van der Waals surface area (Å²) in [5, 5.41) is 9.06. The largest absolute Gasteiger partial charge is 0.480 e. The molecular weight excluding hydrogens is 222 g/mol. The Balaban J connectivity index is 2.56. The highest BCUT2D eigenvalue weighted by molar-refractivity contribution is 5.79. The predicted molar refractivity (Wildman–Crippen MR) is 61.3 cm³/mol. The molecule has 5 heteroatoms. The quantitative estimate of drug-likeness (QED) is 0.589. The Labute approximate surface area is 100 Å². The van der Waals surface area contributed by atoms with Crippen molar-refractivity contribution in [3.05, 3.63) is 12.7 Å². The first-order chi connectivity index (χ1) is 8.05. The number of carbonyl (C=O) groups is 2. The molecule has 1 amide bonds. The van der Waals surface area contributed by atoms with E-state index >= 15 is 0 Å². The summed E-state index contributed by atoms with van der Waals surface area (Å²) in [6.45, 7) is 4.18. The smallest absolute Gasteiger partial charge is 0.410 e. The molecule has 1 N–H and O–H groups in total. The molecule has 1 fully saturated rings. The average molecular weight is 237 g/mol. The lowest BCUT2D eigenvalue weighted by atomic mass is 9.79. The maximum Gasteiger partial charge on any atom is 0.410 e. The topological polar surface area (TPSA) is 66.8 Å². The number of carboxylic acids is 1. The number of hydrogen-bond donors (Lipinski definition) is 1. The minimum atomic E-state index is -1.14. The second-order valence-electron chi connectivity index (χ2n) is 3.88. The van der Waals surface area contributed by atoms with Crippen LogP contribution in [0.5, 0.6) is 0 Å². The Kier molecular flexibility index (Phi) is 4.16. The molecule has 1 aliphatic heterocycles. The highest BCUT2D eigenvalue weighted by atomic mass is 16.6. The van der Waals surface area contributed by atoms with Crippen LogP contribution in [0, 0.1) is 17.8 Å². The molecule has 1 rings (SSSR count). The molecule has 0 aliphatic carbocycles. The molecule has 0 unspecified atom stereocenters. The van der Waals surface area contributed by atoms with E-state index in [2.05, 4.69) is 12.5 Å². The minimum Gasteiger partial charge on any atom is -0.480 e. The van der Waals surface area contributed by atoms with Gasteiger partial charge < -0.3 is 14.7 Å². The van der Waals surface area contributed by atoms with Gasteiger partial charge in [0.2, 0.25) is 0 Å². The van der Waals surface area contributed by atoms with Crippen LogP contribution in [0.1, 0.15) is 12.8 Å². The molecule has 0 aromatic rings. The molecule has 0 bridgehead atoms. The summed E-state index contributed by atoms with van der Waals surface area (Å²) in [7, 11) is 0. The number of terminal acetylenes is 1. The van der Waals surface area contributed by atoms with Crippen LogP contribution in [0.25, 0.3) is 0 Å². The number of carbonyl (C=O) groups excluding carboxylic acids is 1. The fourth-order valence-corrected chi connectivity index (χ4v) is 1.71. The van der Waals surface area contributed by atoms with E-state index in [1.807, 2.05) is 0 Å². The van der Waals surface area contributed by atoms with Crippen LogP contribution in [-0.4, -0.2) is 41.8 Å². The molecule has 1 saturated heterocycles. The maximum absolute atomic E-state index is 11.5. The number of piperidine rings is 1. The van der Waals surface area contributed by atoms with E-state index in [-0.39, 0.29) is 19.4 Å². The van der Waals surface area contributed by atoms with Crippen molar-refractivity contribution in [2.75, 3.05) is 19.7 Å². The lowest BCUT2D eigenvalue weighted by Gasteiger charge is -2.34. The number of rotatable bonds is 3. The van der Waals surface area contributed by atoms with Crippen molar-refractivity contribution in [3.63, 3.8) is 0 Å². The molecule has 0 aromatic heterocycles. The fraction of sp³-hybridized carbons (Fsp3) is 0.500. The van der Waals surface area contributed by atoms with Crippen LogP contribution >= 0.6 is 0 Å². The monoisotopic (exact) mass is 237 g/mol. The van der Waals surface area contributed by atoms with E-state index in [4.69, 9.17) is 16.3 Å². The number of ether oxygens (including phenoxy) is 1. The summed E-state index contributed by atoms with van der Waals surface area (Å²) < 4.78 is 4.86. The first-order valence-corrected chi connectivity index (χ1v) is 5.29. The highest BCUT2D eigenvalue weighted by Crippen LogP contribution is 2.31. The number of hydrogen-bond acceptors (Lipinski definition) is 3. The third-order valence-electron chi connectivity index (χ3n) is 2.89. The molecule has 1 heterocycles. The van der Waals surface area contributed by atoms with E-state index in [0.717, 1.165) is 0 Å². The number of likely N-dealkylation sites (tertiary alicyclic amines) is 1. The summed E-state index contributed by atoms with van der Waals surface area (Å²) in [6, 6.07) is 0. The Morgan fingerprint density at radius 1 is 1.53 bits per heavy atom. The van der Waals surface area contributed by atoms with Gasteiger partial charge in [-0.3, -0.25) is 4.79 Å². The number of aliphatic carboxylic acids is 1. The Bertz CT molecular complexity index is 361. The molecule has 0 atom stereocenters. The Hall–Kier alpha value is -1.96. The predicted octanol–water partition coefficient (Wildman–Crippen LogP) is 1.11. The van der Waals surface area contributed by atoms with Gasteiger partial charge in [0.05, 0.1) is 0 Å². The standard InChI is InChI=1S/C12H15NO4/c1-3-9-17-11(16)13-7-5-12(4-2,6-8-13)10(14)15/h2-3H,1,5-9H2,(H,14,15). The van der Waals surface area contributed by atoms with Gasteiger partial charge >= 0.3 is 12.1 Å². The summed E-state index contributed by atoms with van der Waals surface area (Å²) in [4.78, 5) is 24.0. The van der Waals surface area contributed by atoms with Gasteiger partial charge in [-0.2, -0.15) is 0 Å². The van der Waals surface area contributed by atoms with E-state index in [1.54, 1.807) is 0 Å². The van der Waals surface area contributed by atoms with Gasteiger partial charge in [0, 0.05) is 13.1 Å². The summed E-state index contributed by atoms with van der Waals surface area (Å²) in [5.74, 6) is 1.32. The third kappa shape index (κ3) is 2.78. The van der Waals surface area contributed by atoms with Crippen LogP contribution in [-0.2, 0) is 9.53 Å². The van der Waals surface area contributed by atoms with Crippen LogP contribution in [0.2, 0.25) is 0 Å². The molecule has 92 valence electrons. The summed E-state index contributed by atoms with van der Waals surface area (Å²) in [6.07, 6.45) is 6.79. The molecule has 5 nitrogen and oxygen atoms in total. The molecule has 1 aliphatic rings. The zero-order chi connectivity index (χ0) is 12.9. The zero-order valence-electron chi connectivity index (χ0n) is 9.52. The van der Waals surface area contributed by atoms with E-state index < -0.39 is 17.5 Å². The van der Waals surface area contributed by atoms with E-state index in [1.165, 1.54) is 11.0 Å². The fourth-order valence-electron chi connectivity index (χ4n) is 1.71. The normalized spacial score (nSPS) is 17.9. The van der Waals surface area contributed by atoms with E-state index in [0.29, 0.717) is 13.1 Å². The molecular formula is C12H15NO4. The summed E-state index contributed by atoms with van der Waals surface area (Å²) in [5.41, 5.74) is -1.14. The van der Waals surface area contributed by atoms with E-state index in [9.17, 15) is 9.59 Å². The molecule has 17 heavy (non-hydrogen) atoms. The van der Waals surface area contributed by atoms with Gasteiger partial charge in [0.15, 0.2) is 0 Å². The average Bonchev–Trinajstić information content (AvgIpc) is 2.35.